The van der Waals surface area contributed by atoms with Crippen LogP contribution in [0.2, 0.25) is 0 Å². The topological polar surface area (TPSA) is 53.6 Å². The first-order chi connectivity index (χ1) is 9.33. The van der Waals surface area contributed by atoms with Crippen molar-refractivity contribution in [2.45, 2.75) is 58.3 Å². The van der Waals surface area contributed by atoms with E-state index in [-0.39, 0.29) is 24.0 Å². The summed E-state index contributed by atoms with van der Waals surface area (Å²) in [6.45, 7) is 7.88. The molecular weight excluding hydrogens is 363 g/mol. The van der Waals surface area contributed by atoms with E-state index in [0.717, 1.165) is 25.9 Å². The summed E-state index contributed by atoms with van der Waals surface area (Å²) in [5.74, 6) is 0.615. The maximum absolute atomic E-state index is 5.78. The Morgan fingerprint density at radius 1 is 1.10 bits per heavy atom. The third-order valence-electron chi connectivity index (χ3n) is 3.70. The van der Waals surface area contributed by atoms with E-state index in [4.69, 9.17) is 5.73 Å². The summed E-state index contributed by atoms with van der Waals surface area (Å²) >= 11 is 0. The van der Waals surface area contributed by atoms with Gasteiger partial charge in [0.2, 0.25) is 0 Å². The number of nitrogens with zero attached hydrogens (tertiary/aromatic N) is 2. The Hall–Kier alpha value is -0.0400. The van der Waals surface area contributed by atoms with Gasteiger partial charge in [0, 0.05) is 13.1 Å². The second-order valence-electron chi connectivity index (χ2n) is 5.51. The molecule has 4 nitrogen and oxygen atoms in total. The van der Waals surface area contributed by atoms with Crippen LogP contribution >= 0.6 is 24.0 Å². The Labute approximate surface area is 142 Å². The predicted octanol–water partition coefficient (Wildman–Crippen LogP) is 2.97. The van der Waals surface area contributed by atoms with Crippen LogP contribution in [-0.4, -0.2) is 43.6 Å². The maximum Gasteiger partial charge on any atom is 0.188 e. The highest BCUT2D eigenvalue weighted by Crippen LogP contribution is 2.09. The minimum absolute atomic E-state index is 0. The minimum Gasteiger partial charge on any atom is -0.370 e. The van der Waals surface area contributed by atoms with E-state index in [1.165, 1.54) is 58.2 Å². The van der Waals surface area contributed by atoms with Crippen LogP contribution in [0.25, 0.3) is 0 Å². The van der Waals surface area contributed by atoms with Crippen LogP contribution in [0.15, 0.2) is 4.99 Å². The quantitative estimate of drug-likeness (QED) is 0.273. The number of rotatable bonds is 9. The number of hydrogen-bond donors (Lipinski definition) is 2. The molecule has 0 radical (unpaired) electrons. The van der Waals surface area contributed by atoms with Crippen molar-refractivity contribution >= 4 is 29.9 Å². The average molecular weight is 396 g/mol. The van der Waals surface area contributed by atoms with E-state index < -0.39 is 0 Å². The van der Waals surface area contributed by atoms with Crippen LogP contribution in [0, 0.1) is 0 Å². The fraction of sp³-hybridized carbons (Fsp3) is 0.933. The van der Waals surface area contributed by atoms with Crippen molar-refractivity contribution in [2.75, 3.05) is 32.7 Å². The lowest BCUT2D eigenvalue weighted by Crippen LogP contribution is -2.32. The van der Waals surface area contributed by atoms with Crippen LogP contribution in [0.4, 0.5) is 0 Å². The lowest BCUT2D eigenvalue weighted by molar-refractivity contribution is 0.224. The number of nitrogens with two attached hydrogens (primary N) is 1. The minimum atomic E-state index is 0. The van der Waals surface area contributed by atoms with Gasteiger partial charge in [0.1, 0.15) is 0 Å². The zero-order chi connectivity index (χ0) is 13.8. The number of hydrogen-bond acceptors (Lipinski definition) is 2. The Balaban J connectivity index is 0.00000361. The lowest BCUT2D eigenvalue weighted by atomic mass is 10.1. The molecule has 120 valence electrons. The molecule has 0 atom stereocenters. The van der Waals surface area contributed by atoms with E-state index in [9.17, 15) is 0 Å². The fourth-order valence-corrected chi connectivity index (χ4v) is 2.46. The average Bonchev–Trinajstić information content (AvgIpc) is 2.44. The van der Waals surface area contributed by atoms with Crippen LogP contribution in [0.3, 0.4) is 0 Å². The van der Waals surface area contributed by atoms with Crippen LogP contribution in [0.1, 0.15) is 58.3 Å². The zero-order valence-corrected chi connectivity index (χ0v) is 15.4. The number of likely N-dealkylation sites (tertiary alicyclic amines) is 1. The molecule has 0 aromatic rings. The molecule has 0 aromatic heterocycles. The van der Waals surface area contributed by atoms with Gasteiger partial charge in [-0.05, 0) is 51.7 Å². The second-order valence-corrected chi connectivity index (χ2v) is 5.51. The van der Waals surface area contributed by atoms with Crippen molar-refractivity contribution in [3.05, 3.63) is 0 Å². The van der Waals surface area contributed by atoms with Crippen molar-refractivity contribution in [3.8, 4) is 0 Å². The molecule has 0 unspecified atom stereocenters. The summed E-state index contributed by atoms with van der Waals surface area (Å²) < 4.78 is 0. The van der Waals surface area contributed by atoms with Gasteiger partial charge in [-0.15, -0.1) is 24.0 Å². The Kier molecular flexibility index (Phi) is 13.9. The highest BCUT2D eigenvalue weighted by atomic mass is 127. The molecule has 1 aliphatic rings. The van der Waals surface area contributed by atoms with Gasteiger partial charge in [0.25, 0.3) is 0 Å². The highest BCUT2D eigenvalue weighted by molar-refractivity contribution is 14.0. The molecule has 1 heterocycles. The fourth-order valence-electron chi connectivity index (χ4n) is 2.46. The summed E-state index contributed by atoms with van der Waals surface area (Å²) in [4.78, 5) is 6.95. The first-order valence-corrected chi connectivity index (χ1v) is 8.09. The number of aliphatic imine (C=N–C) groups is 1. The molecule has 0 spiro atoms. The van der Waals surface area contributed by atoms with E-state index in [2.05, 4.69) is 22.1 Å². The molecule has 0 saturated carbocycles. The smallest absolute Gasteiger partial charge is 0.188 e. The molecule has 1 rings (SSSR count). The SMILES string of the molecule is CCCCNC(N)=NCCCCCN1CCCCC1.I. The van der Waals surface area contributed by atoms with Crippen molar-refractivity contribution in [1.82, 2.24) is 10.2 Å². The van der Waals surface area contributed by atoms with Gasteiger partial charge < -0.3 is 16.0 Å². The van der Waals surface area contributed by atoms with E-state index in [1.807, 2.05) is 0 Å². The zero-order valence-electron chi connectivity index (χ0n) is 13.1. The molecule has 0 aliphatic carbocycles. The third kappa shape index (κ3) is 10.7. The van der Waals surface area contributed by atoms with Gasteiger partial charge >= 0.3 is 0 Å². The van der Waals surface area contributed by atoms with Gasteiger partial charge in [-0.3, -0.25) is 4.99 Å². The number of piperidine rings is 1. The molecule has 20 heavy (non-hydrogen) atoms. The van der Waals surface area contributed by atoms with Crippen LogP contribution in [0.5, 0.6) is 0 Å². The molecule has 5 heteroatoms. The second kappa shape index (κ2) is 13.9. The van der Waals surface area contributed by atoms with Crippen molar-refractivity contribution < 1.29 is 0 Å². The van der Waals surface area contributed by atoms with Gasteiger partial charge in [-0.2, -0.15) is 0 Å². The molecular formula is C15H33IN4. The normalized spacial score (nSPS) is 16.8. The summed E-state index contributed by atoms with van der Waals surface area (Å²) in [5, 5.41) is 3.15. The molecule has 0 aromatic carbocycles. The lowest BCUT2D eigenvalue weighted by Gasteiger charge is -2.26. The number of halogens is 1. The first kappa shape index (κ1) is 20.0. The largest absolute Gasteiger partial charge is 0.370 e. The van der Waals surface area contributed by atoms with E-state index in [0.29, 0.717) is 5.96 Å². The summed E-state index contributed by atoms with van der Waals surface area (Å²) in [6, 6.07) is 0. The Bertz CT molecular complexity index is 240. The third-order valence-corrected chi connectivity index (χ3v) is 3.70. The number of guanidine groups is 1. The molecule has 1 saturated heterocycles. The molecule has 1 aliphatic heterocycles. The van der Waals surface area contributed by atoms with Crippen molar-refractivity contribution in [1.29, 1.82) is 0 Å². The number of unbranched alkanes of at least 4 members (excludes halogenated alkanes) is 3. The van der Waals surface area contributed by atoms with Crippen molar-refractivity contribution in [3.63, 3.8) is 0 Å². The van der Waals surface area contributed by atoms with Gasteiger partial charge in [-0.1, -0.05) is 26.2 Å². The van der Waals surface area contributed by atoms with E-state index in [1.54, 1.807) is 0 Å². The van der Waals surface area contributed by atoms with Gasteiger partial charge in [0.05, 0.1) is 0 Å². The molecule has 3 N–H and O–H groups in total. The first-order valence-electron chi connectivity index (χ1n) is 8.09. The molecule has 1 fully saturated rings. The monoisotopic (exact) mass is 396 g/mol. The molecule has 0 amide bonds. The predicted molar refractivity (Wildman–Crippen MR) is 99.0 cm³/mol. The Morgan fingerprint density at radius 2 is 1.85 bits per heavy atom. The van der Waals surface area contributed by atoms with Crippen molar-refractivity contribution in [2.24, 2.45) is 10.7 Å². The summed E-state index contributed by atoms with van der Waals surface area (Å²) in [5.41, 5.74) is 5.78. The van der Waals surface area contributed by atoms with Gasteiger partial charge in [-0.25, -0.2) is 0 Å². The standard InChI is InChI=1S/C15H32N4.HI/c1-2-3-10-17-15(16)18-11-6-4-7-12-19-13-8-5-9-14-19;/h2-14H2,1H3,(H3,16,17,18);1H. The number of nitrogens with one attached hydrogen (secondary N) is 1. The summed E-state index contributed by atoms with van der Waals surface area (Å²) in [7, 11) is 0. The highest BCUT2D eigenvalue weighted by Gasteiger charge is 2.08. The van der Waals surface area contributed by atoms with Crippen LogP contribution < -0.4 is 11.1 Å². The maximum atomic E-state index is 5.78. The summed E-state index contributed by atoms with van der Waals surface area (Å²) in [6.07, 6.45) is 10.3. The van der Waals surface area contributed by atoms with Crippen LogP contribution in [-0.2, 0) is 0 Å². The Morgan fingerprint density at radius 3 is 2.55 bits per heavy atom. The van der Waals surface area contributed by atoms with Gasteiger partial charge in [0.15, 0.2) is 5.96 Å². The van der Waals surface area contributed by atoms with E-state index >= 15 is 0 Å². The molecule has 0 bridgehead atoms.